The molecule has 0 radical (unpaired) electrons. The lowest BCUT2D eigenvalue weighted by atomic mass is 10.0. The van der Waals surface area contributed by atoms with Crippen LogP contribution in [-0.2, 0) is 11.8 Å². The minimum absolute atomic E-state index is 0.0466. The Morgan fingerprint density at radius 2 is 2.14 bits per heavy atom. The summed E-state index contributed by atoms with van der Waals surface area (Å²) in [6.45, 7) is 2.13. The largest absolute Gasteiger partial charge is 0.349 e. The fraction of sp³-hybridized carbons (Fsp3) is 0.375. The number of hydrogen-bond acceptors (Lipinski definition) is 3. The van der Waals surface area contributed by atoms with E-state index in [1.54, 1.807) is 6.20 Å². The zero-order chi connectivity index (χ0) is 15.1. The van der Waals surface area contributed by atoms with E-state index in [-0.39, 0.29) is 11.9 Å². The number of carbonyl (C=O) groups is 1. The molecule has 112 valence electrons. The highest BCUT2D eigenvalue weighted by molar-refractivity contribution is 7.99. The van der Waals surface area contributed by atoms with Gasteiger partial charge < -0.3 is 9.88 Å². The van der Waals surface area contributed by atoms with E-state index in [1.165, 1.54) is 11.8 Å². The number of thioether (sulfide) groups is 1. The smallest absolute Gasteiger partial charge is 0.230 e. The monoisotopic (exact) mass is 303 g/mol. The summed E-state index contributed by atoms with van der Waals surface area (Å²) >= 11 is 1.46. The van der Waals surface area contributed by atoms with Gasteiger partial charge in [-0.3, -0.25) is 4.79 Å². The van der Waals surface area contributed by atoms with Gasteiger partial charge in [-0.25, -0.2) is 4.98 Å². The van der Waals surface area contributed by atoms with Crippen molar-refractivity contribution in [2.45, 2.75) is 31.0 Å². The van der Waals surface area contributed by atoms with Crippen LogP contribution in [0.4, 0.5) is 0 Å². The summed E-state index contributed by atoms with van der Waals surface area (Å²) in [5, 5.41) is 3.98. The van der Waals surface area contributed by atoms with Crippen LogP contribution in [0.2, 0.25) is 0 Å². The van der Waals surface area contributed by atoms with Gasteiger partial charge in [0.2, 0.25) is 5.91 Å². The molecule has 5 heteroatoms. The van der Waals surface area contributed by atoms with E-state index < -0.39 is 0 Å². The maximum atomic E-state index is 12.1. The number of aryl methyl sites for hydroxylation is 1. The number of nitrogens with one attached hydrogen (secondary N) is 1. The van der Waals surface area contributed by atoms with Crippen molar-refractivity contribution in [1.29, 1.82) is 0 Å². The van der Waals surface area contributed by atoms with Crippen LogP contribution in [0.3, 0.4) is 0 Å². The highest BCUT2D eigenvalue weighted by Gasteiger charge is 2.14. The first-order valence-electron chi connectivity index (χ1n) is 7.15. The standard InChI is InChI=1S/C16H21N3OS/c1-3-7-14(13-8-5-4-6-9-13)18-15(20)12-21-16-17-10-11-19(16)2/h4-6,8-11,14H,3,7,12H2,1-2H3,(H,18,20)/t14-/m1/s1. The van der Waals surface area contributed by atoms with Crippen LogP contribution in [0, 0.1) is 0 Å². The van der Waals surface area contributed by atoms with Crippen molar-refractivity contribution in [1.82, 2.24) is 14.9 Å². The molecule has 0 aliphatic carbocycles. The lowest BCUT2D eigenvalue weighted by Gasteiger charge is -2.18. The molecule has 1 heterocycles. The second-order valence-corrected chi connectivity index (χ2v) is 5.87. The van der Waals surface area contributed by atoms with Gasteiger partial charge in [0.25, 0.3) is 0 Å². The fourth-order valence-corrected chi connectivity index (χ4v) is 2.90. The molecule has 0 fully saturated rings. The minimum atomic E-state index is 0.0466. The number of benzene rings is 1. The zero-order valence-corrected chi connectivity index (χ0v) is 13.3. The normalized spacial score (nSPS) is 12.1. The first kappa shape index (κ1) is 15.6. The topological polar surface area (TPSA) is 46.9 Å². The van der Waals surface area contributed by atoms with Gasteiger partial charge >= 0.3 is 0 Å². The Morgan fingerprint density at radius 1 is 1.38 bits per heavy atom. The van der Waals surface area contributed by atoms with E-state index in [4.69, 9.17) is 0 Å². The van der Waals surface area contributed by atoms with Gasteiger partial charge in [-0.15, -0.1) is 0 Å². The van der Waals surface area contributed by atoms with E-state index >= 15 is 0 Å². The van der Waals surface area contributed by atoms with Crippen molar-refractivity contribution in [2.24, 2.45) is 7.05 Å². The van der Waals surface area contributed by atoms with Gasteiger partial charge in [0.05, 0.1) is 11.8 Å². The maximum absolute atomic E-state index is 12.1. The SMILES string of the molecule is CCC[C@@H](NC(=O)CSc1nccn1C)c1ccccc1. The second kappa shape index (κ2) is 7.88. The van der Waals surface area contributed by atoms with Gasteiger partial charge in [0.1, 0.15) is 0 Å². The molecule has 1 N–H and O–H groups in total. The predicted octanol–water partition coefficient (Wildman–Crippen LogP) is 3.17. The predicted molar refractivity (Wildman–Crippen MR) is 86.2 cm³/mol. The highest BCUT2D eigenvalue weighted by atomic mass is 32.2. The second-order valence-electron chi connectivity index (χ2n) is 4.93. The Morgan fingerprint density at radius 3 is 2.76 bits per heavy atom. The lowest BCUT2D eigenvalue weighted by Crippen LogP contribution is -2.30. The Kier molecular flexibility index (Phi) is 5.87. The Hall–Kier alpha value is -1.75. The van der Waals surface area contributed by atoms with E-state index in [2.05, 4.69) is 29.4 Å². The van der Waals surface area contributed by atoms with Crippen LogP contribution in [0.5, 0.6) is 0 Å². The van der Waals surface area contributed by atoms with Crippen LogP contribution >= 0.6 is 11.8 Å². The molecule has 2 rings (SSSR count). The van der Waals surface area contributed by atoms with Gasteiger partial charge in [-0.1, -0.05) is 55.4 Å². The third kappa shape index (κ3) is 4.63. The lowest BCUT2D eigenvalue weighted by molar-refractivity contribution is -0.119. The molecule has 1 atom stereocenters. The van der Waals surface area contributed by atoms with Crippen LogP contribution in [-0.4, -0.2) is 21.2 Å². The van der Waals surface area contributed by atoms with Crippen molar-refractivity contribution in [3.63, 3.8) is 0 Å². The molecule has 0 saturated heterocycles. The molecule has 0 spiro atoms. The average molecular weight is 303 g/mol. The minimum Gasteiger partial charge on any atom is -0.349 e. The van der Waals surface area contributed by atoms with Crippen LogP contribution in [0.25, 0.3) is 0 Å². The Balaban J connectivity index is 1.91. The number of imidazole rings is 1. The van der Waals surface area contributed by atoms with Gasteiger partial charge in [-0.2, -0.15) is 0 Å². The van der Waals surface area contributed by atoms with Gasteiger partial charge in [0.15, 0.2) is 5.16 Å². The third-order valence-corrected chi connectivity index (χ3v) is 4.28. The molecule has 1 aromatic heterocycles. The van der Waals surface area contributed by atoms with E-state index in [1.807, 2.05) is 36.0 Å². The molecular weight excluding hydrogens is 282 g/mol. The molecule has 0 bridgehead atoms. The summed E-state index contributed by atoms with van der Waals surface area (Å²) < 4.78 is 1.92. The van der Waals surface area contributed by atoms with Crippen molar-refractivity contribution in [2.75, 3.05) is 5.75 Å². The molecule has 0 saturated carbocycles. The summed E-state index contributed by atoms with van der Waals surface area (Å²) in [5.41, 5.74) is 1.16. The third-order valence-electron chi connectivity index (χ3n) is 3.22. The summed E-state index contributed by atoms with van der Waals surface area (Å²) in [5.74, 6) is 0.433. The molecule has 4 nitrogen and oxygen atoms in total. The molecule has 0 aliphatic heterocycles. The molecule has 1 aromatic carbocycles. The molecule has 2 aromatic rings. The van der Waals surface area contributed by atoms with Crippen molar-refractivity contribution >= 4 is 17.7 Å². The van der Waals surface area contributed by atoms with Gasteiger partial charge in [0, 0.05) is 19.4 Å². The van der Waals surface area contributed by atoms with Crippen molar-refractivity contribution in [3.05, 3.63) is 48.3 Å². The van der Waals surface area contributed by atoms with Crippen LogP contribution in [0.15, 0.2) is 47.9 Å². The van der Waals surface area contributed by atoms with E-state index in [0.717, 1.165) is 23.6 Å². The molecule has 0 aliphatic rings. The average Bonchev–Trinajstić information content (AvgIpc) is 2.91. The number of amides is 1. The first-order chi connectivity index (χ1) is 10.2. The summed E-state index contributed by atoms with van der Waals surface area (Å²) in [6, 6.07) is 10.2. The quantitative estimate of drug-likeness (QED) is 0.799. The van der Waals surface area contributed by atoms with Crippen LogP contribution in [0.1, 0.15) is 31.4 Å². The summed E-state index contributed by atoms with van der Waals surface area (Å²) in [4.78, 5) is 16.3. The number of carbonyl (C=O) groups excluding carboxylic acids is 1. The number of aromatic nitrogens is 2. The Labute approximate surface area is 130 Å². The van der Waals surface area contributed by atoms with Crippen molar-refractivity contribution in [3.8, 4) is 0 Å². The number of nitrogens with zero attached hydrogens (tertiary/aromatic N) is 2. The number of hydrogen-bond donors (Lipinski definition) is 1. The Bertz CT molecular complexity index is 568. The summed E-state index contributed by atoms with van der Waals surface area (Å²) in [7, 11) is 1.93. The first-order valence-corrected chi connectivity index (χ1v) is 8.13. The fourth-order valence-electron chi connectivity index (χ4n) is 2.15. The molecular formula is C16H21N3OS. The molecule has 21 heavy (non-hydrogen) atoms. The highest BCUT2D eigenvalue weighted by Crippen LogP contribution is 2.19. The zero-order valence-electron chi connectivity index (χ0n) is 12.5. The number of rotatable bonds is 7. The van der Waals surface area contributed by atoms with Gasteiger partial charge in [-0.05, 0) is 12.0 Å². The van der Waals surface area contributed by atoms with E-state index in [9.17, 15) is 4.79 Å². The molecule has 1 amide bonds. The van der Waals surface area contributed by atoms with Crippen LogP contribution < -0.4 is 5.32 Å². The summed E-state index contributed by atoms with van der Waals surface area (Å²) in [6.07, 6.45) is 5.60. The molecule has 0 unspecified atom stereocenters. The maximum Gasteiger partial charge on any atom is 0.230 e. The van der Waals surface area contributed by atoms with Crippen molar-refractivity contribution < 1.29 is 4.79 Å². The van der Waals surface area contributed by atoms with E-state index in [0.29, 0.717) is 5.75 Å².